The van der Waals surface area contributed by atoms with Crippen LogP contribution in [0.15, 0.2) is 60.8 Å². The first kappa shape index (κ1) is 15.3. The number of carbonyl (C=O) groups is 1. The summed E-state index contributed by atoms with van der Waals surface area (Å²) in [5.74, 6) is 0.802. The number of carbonyl (C=O) groups excluding carboxylic acids is 1. The van der Waals surface area contributed by atoms with Gasteiger partial charge in [-0.2, -0.15) is 0 Å². The molecule has 1 amide bonds. The highest BCUT2D eigenvalue weighted by molar-refractivity contribution is 5.87. The third-order valence-corrected chi connectivity index (χ3v) is 4.39. The van der Waals surface area contributed by atoms with Crippen LogP contribution < -0.4 is 5.32 Å². The molecule has 5 heteroatoms. The maximum absolute atomic E-state index is 12.4. The first-order valence-electron chi connectivity index (χ1n) is 8.22. The number of aryl methyl sites for hydroxylation is 1. The molecule has 0 unspecified atom stereocenters. The lowest BCUT2D eigenvalue weighted by Gasteiger charge is -2.07. The SMILES string of the molecule is Cn1c(CNC(=O)Cc2cccc3cccnc23)nc2ccccc21. The zero-order valence-corrected chi connectivity index (χ0v) is 13.9. The van der Waals surface area contributed by atoms with Gasteiger partial charge in [0.05, 0.1) is 29.5 Å². The zero-order valence-electron chi connectivity index (χ0n) is 13.9. The van der Waals surface area contributed by atoms with E-state index in [1.54, 1.807) is 6.20 Å². The molecule has 1 N–H and O–H groups in total. The zero-order chi connectivity index (χ0) is 17.2. The Bertz CT molecular complexity index is 1060. The molecule has 0 spiro atoms. The quantitative estimate of drug-likeness (QED) is 0.626. The van der Waals surface area contributed by atoms with Gasteiger partial charge in [0.1, 0.15) is 5.82 Å². The highest BCUT2D eigenvalue weighted by atomic mass is 16.1. The van der Waals surface area contributed by atoms with Crippen LogP contribution in [0.3, 0.4) is 0 Å². The van der Waals surface area contributed by atoms with Crippen molar-refractivity contribution in [2.24, 2.45) is 7.05 Å². The molecule has 0 aliphatic carbocycles. The Kier molecular flexibility index (Phi) is 3.90. The molecule has 2 aromatic heterocycles. The number of pyridine rings is 1. The molecule has 0 aliphatic heterocycles. The molecule has 2 aromatic carbocycles. The van der Waals surface area contributed by atoms with Crippen LogP contribution in [0.4, 0.5) is 0 Å². The monoisotopic (exact) mass is 330 g/mol. The second-order valence-corrected chi connectivity index (χ2v) is 6.02. The summed E-state index contributed by atoms with van der Waals surface area (Å²) in [7, 11) is 1.96. The second kappa shape index (κ2) is 6.36. The standard InChI is InChI=1S/C20H18N4O/c1-24-17-10-3-2-9-16(17)23-18(24)13-22-19(25)12-15-7-4-6-14-8-5-11-21-20(14)15/h2-11H,12-13H2,1H3,(H,22,25). The van der Waals surface area contributed by atoms with Crippen molar-refractivity contribution in [3.8, 4) is 0 Å². The number of aromatic nitrogens is 3. The van der Waals surface area contributed by atoms with Gasteiger partial charge in [-0.05, 0) is 23.8 Å². The highest BCUT2D eigenvalue weighted by Crippen LogP contribution is 2.17. The summed E-state index contributed by atoms with van der Waals surface area (Å²) in [6.07, 6.45) is 2.06. The highest BCUT2D eigenvalue weighted by Gasteiger charge is 2.11. The van der Waals surface area contributed by atoms with Gasteiger partial charge >= 0.3 is 0 Å². The average molecular weight is 330 g/mol. The van der Waals surface area contributed by atoms with E-state index in [2.05, 4.69) is 15.3 Å². The number of amides is 1. The van der Waals surface area contributed by atoms with Crippen LogP contribution >= 0.6 is 0 Å². The smallest absolute Gasteiger partial charge is 0.224 e. The van der Waals surface area contributed by atoms with Crippen LogP contribution in [-0.2, 0) is 24.8 Å². The van der Waals surface area contributed by atoms with Crippen molar-refractivity contribution in [2.75, 3.05) is 0 Å². The van der Waals surface area contributed by atoms with Crippen LogP contribution in [0, 0.1) is 0 Å². The number of para-hydroxylation sites is 3. The predicted molar refractivity (Wildman–Crippen MR) is 98.0 cm³/mol. The Balaban J connectivity index is 1.49. The van der Waals surface area contributed by atoms with Gasteiger partial charge in [-0.1, -0.05) is 36.4 Å². The minimum atomic E-state index is -0.0368. The number of hydrogen-bond donors (Lipinski definition) is 1. The van der Waals surface area contributed by atoms with Gasteiger partial charge in [0.15, 0.2) is 0 Å². The van der Waals surface area contributed by atoms with Crippen LogP contribution in [0.2, 0.25) is 0 Å². The summed E-state index contributed by atoms with van der Waals surface area (Å²) in [6, 6.07) is 17.8. The predicted octanol–water partition coefficient (Wildman–Crippen LogP) is 2.98. The second-order valence-electron chi connectivity index (χ2n) is 6.02. The summed E-state index contributed by atoms with van der Waals surface area (Å²) >= 11 is 0. The van der Waals surface area contributed by atoms with E-state index in [-0.39, 0.29) is 5.91 Å². The number of rotatable bonds is 4. The Hall–Kier alpha value is -3.21. The van der Waals surface area contributed by atoms with Crippen molar-refractivity contribution in [2.45, 2.75) is 13.0 Å². The fraction of sp³-hybridized carbons (Fsp3) is 0.150. The molecule has 124 valence electrons. The van der Waals surface area contributed by atoms with Gasteiger partial charge in [0.2, 0.25) is 5.91 Å². The minimum absolute atomic E-state index is 0.0368. The van der Waals surface area contributed by atoms with Crippen LogP contribution in [0.25, 0.3) is 21.9 Å². The number of nitrogens with one attached hydrogen (secondary N) is 1. The summed E-state index contributed by atoms with van der Waals surface area (Å²) in [5.41, 5.74) is 3.81. The number of fused-ring (bicyclic) bond motifs is 2. The van der Waals surface area contributed by atoms with E-state index in [0.29, 0.717) is 13.0 Å². The Morgan fingerprint density at radius 3 is 2.80 bits per heavy atom. The molecule has 0 aliphatic rings. The first-order chi connectivity index (χ1) is 12.2. The Morgan fingerprint density at radius 1 is 1.08 bits per heavy atom. The van der Waals surface area contributed by atoms with E-state index in [4.69, 9.17) is 0 Å². The molecule has 25 heavy (non-hydrogen) atoms. The molecule has 0 saturated heterocycles. The van der Waals surface area contributed by atoms with Gasteiger partial charge in [-0.15, -0.1) is 0 Å². The molecule has 2 heterocycles. The molecule has 0 radical (unpaired) electrons. The molecule has 0 saturated carbocycles. The molecular weight excluding hydrogens is 312 g/mol. The van der Waals surface area contributed by atoms with Crippen molar-refractivity contribution in [1.82, 2.24) is 19.9 Å². The average Bonchev–Trinajstić information content (AvgIpc) is 2.97. The molecular formula is C20H18N4O. The van der Waals surface area contributed by atoms with Crippen molar-refractivity contribution in [1.29, 1.82) is 0 Å². The van der Waals surface area contributed by atoms with E-state index < -0.39 is 0 Å². The maximum atomic E-state index is 12.4. The van der Waals surface area contributed by atoms with Gasteiger partial charge in [-0.25, -0.2) is 4.98 Å². The lowest BCUT2D eigenvalue weighted by molar-refractivity contribution is -0.120. The van der Waals surface area contributed by atoms with Gasteiger partial charge in [-0.3, -0.25) is 9.78 Å². The molecule has 5 nitrogen and oxygen atoms in total. The van der Waals surface area contributed by atoms with Crippen LogP contribution in [0.5, 0.6) is 0 Å². The molecule has 0 atom stereocenters. The topological polar surface area (TPSA) is 59.8 Å². The summed E-state index contributed by atoms with van der Waals surface area (Å²) < 4.78 is 2.01. The van der Waals surface area contributed by atoms with Crippen molar-refractivity contribution < 1.29 is 4.79 Å². The van der Waals surface area contributed by atoms with Crippen molar-refractivity contribution in [3.05, 3.63) is 72.2 Å². The van der Waals surface area contributed by atoms with Crippen LogP contribution in [0.1, 0.15) is 11.4 Å². The fourth-order valence-corrected chi connectivity index (χ4v) is 3.08. The number of hydrogen-bond acceptors (Lipinski definition) is 3. The molecule has 4 aromatic rings. The number of imidazole rings is 1. The van der Waals surface area contributed by atoms with E-state index in [1.165, 1.54) is 0 Å². The van der Waals surface area contributed by atoms with Gasteiger partial charge < -0.3 is 9.88 Å². The third kappa shape index (κ3) is 2.96. The largest absolute Gasteiger partial charge is 0.349 e. The maximum Gasteiger partial charge on any atom is 0.224 e. The van der Waals surface area contributed by atoms with E-state index >= 15 is 0 Å². The summed E-state index contributed by atoms with van der Waals surface area (Å²) in [5, 5.41) is 4.01. The van der Waals surface area contributed by atoms with Crippen molar-refractivity contribution in [3.63, 3.8) is 0 Å². The number of nitrogens with zero attached hydrogens (tertiary/aromatic N) is 3. The lowest BCUT2D eigenvalue weighted by atomic mass is 10.1. The molecule has 0 bridgehead atoms. The van der Waals surface area contributed by atoms with E-state index in [9.17, 15) is 4.79 Å². The Morgan fingerprint density at radius 2 is 1.92 bits per heavy atom. The Labute approximate surface area is 145 Å². The van der Waals surface area contributed by atoms with Gasteiger partial charge in [0, 0.05) is 18.6 Å². The minimum Gasteiger partial charge on any atom is -0.349 e. The first-order valence-corrected chi connectivity index (χ1v) is 8.22. The fourth-order valence-electron chi connectivity index (χ4n) is 3.08. The molecule has 4 rings (SSSR count). The third-order valence-electron chi connectivity index (χ3n) is 4.39. The molecule has 0 fully saturated rings. The van der Waals surface area contributed by atoms with Crippen molar-refractivity contribution >= 4 is 27.8 Å². The van der Waals surface area contributed by atoms with E-state index in [0.717, 1.165) is 33.3 Å². The summed E-state index contributed by atoms with van der Waals surface area (Å²) in [4.78, 5) is 21.4. The van der Waals surface area contributed by atoms with E-state index in [1.807, 2.05) is 66.2 Å². The lowest BCUT2D eigenvalue weighted by Crippen LogP contribution is -2.26. The summed E-state index contributed by atoms with van der Waals surface area (Å²) in [6.45, 7) is 0.405. The normalized spacial score (nSPS) is 11.1. The number of benzene rings is 2. The van der Waals surface area contributed by atoms with Gasteiger partial charge in [0.25, 0.3) is 0 Å². The van der Waals surface area contributed by atoms with Crippen LogP contribution in [-0.4, -0.2) is 20.4 Å².